The van der Waals surface area contributed by atoms with E-state index in [-0.39, 0.29) is 32.3 Å². The molecule has 0 aromatic rings. The minimum absolute atomic E-state index is 0.0221. The number of ether oxygens (including phenoxy) is 3. The fourth-order valence-electron chi connectivity index (χ4n) is 1.18. The Morgan fingerprint density at radius 3 is 2.38 bits per heavy atom. The zero-order chi connectivity index (χ0) is 16.1. The Kier molecular flexibility index (Phi) is 10.6. The molecule has 0 aliphatic rings. The van der Waals surface area contributed by atoms with Gasteiger partial charge < -0.3 is 19.5 Å². The van der Waals surface area contributed by atoms with Crippen LogP contribution < -0.4 is 5.32 Å². The lowest BCUT2D eigenvalue weighted by atomic mass is 10.1. The molecule has 0 fully saturated rings. The summed E-state index contributed by atoms with van der Waals surface area (Å²) in [6.45, 7) is 7.44. The van der Waals surface area contributed by atoms with Gasteiger partial charge in [0.15, 0.2) is 0 Å². The molecule has 0 saturated carbocycles. The van der Waals surface area contributed by atoms with Crippen molar-refractivity contribution in [3.63, 3.8) is 0 Å². The van der Waals surface area contributed by atoms with Crippen LogP contribution in [0.25, 0.3) is 0 Å². The second-order valence-corrected chi connectivity index (χ2v) is 4.59. The van der Waals surface area contributed by atoms with Crippen LogP contribution in [0.1, 0.15) is 26.7 Å². The summed E-state index contributed by atoms with van der Waals surface area (Å²) in [5.74, 6) is -0.419. The van der Waals surface area contributed by atoms with E-state index in [1.54, 1.807) is 0 Å². The van der Waals surface area contributed by atoms with Gasteiger partial charge in [-0.3, -0.25) is 4.79 Å². The fraction of sp³-hybridized carbons (Fsp3) is 0.643. The molecule has 0 aromatic heterocycles. The lowest BCUT2D eigenvalue weighted by Gasteiger charge is -2.08. The summed E-state index contributed by atoms with van der Waals surface area (Å²) in [6.07, 6.45) is 1.50. The summed E-state index contributed by atoms with van der Waals surface area (Å²) in [5.41, 5.74) is 0. The molecule has 0 spiro atoms. The Labute approximate surface area is 124 Å². The second kappa shape index (κ2) is 11.7. The number of rotatable bonds is 10. The molecular formula is C14H23NO6. The SMILES string of the molecule is C=CC(=O)OCCNC(=O)OCCOC(=O)CCC(C)C. The van der Waals surface area contributed by atoms with Crippen molar-refractivity contribution in [2.45, 2.75) is 26.7 Å². The Balaban J connectivity index is 3.47. The van der Waals surface area contributed by atoms with Crippen molar-refractivity contribution in [1.82, 2.24) is 5.32 Å². The molecule has 0 saturated heterocycles. The second-order valence-electron chi connectivity index (χ2n) is 4.59. The summed E-state index contributed by atoms with van der Waals surface area (Å²) in [7, 11) is 0. The molecule has 0 bridgehead atoms. The fourth-order valence-corrected chi connectivity index (χ4v) is 1.18. The molecular weight excluding hydrogens is 278 g/mol. The third-order valence-electron chi connectivity index (χ3n) is 2.29. The summed E-state index contributed by atoms with van der Waals surface area (Å²) in [5, 5.41) is 2.38. The van der Waals surface area contributed by atoms with Crippen LogP contribution in [0.3, 0.4) is 0 Å². The highest BCUT2D eigenvalue weighted by molar-refractivity contribution is 5.81. The van der Waals surface area contributed by atoms with Crippen LogP contribution in [0.15, 0.2) is 12.7 Å². The van der Waals surface area contributed by atoms with Crippen molar-refractivity contribution in [3.05, 3.63) is 12.7 Å². The van der Waals surface area contributed by atoms with Crippen molar-refractivity contribution in [1.29, 1.82) is 0 Å². The summed E-state index contributed by atoms with van der Waals surface area (Å²) in [4.78, 5) is 33.1. The highest BCUT2D eigenvalue weighted by Gasteiger charge is 2.06. The van der Waals surface area contributed by atoms with Crippen LogP contribution >= 0.6 is 0 Å². The van der Waals surface area contributed by atoms with E-state index < -0.39 is 12.1 Å². The summed E-state index contributed by atoms with van der Waals surface area (Å²) < 4.78 is 14.3. The molecule has 7 heteroatoms. The van der Waals surface area contributed by atoms with Gasteiger partial charge in [-0.1, -0.05) is 20.4 Å². The number of nitrogens with one attached hydrogen (secondary N) is 1. The van der Waals surface area contributed by atoms with E-state index in [0.717, 1.165) is 12.5 Å². The van der Waals surface area contributed by atoms with Crippen LogP contribution in [-0.4, -0.2) is 44.4 Å². The normalized spacial score (nSPS) is 9.86. The van der Waals surface area contributed by atoms with Crippen LogP contribution in [-0.2, 0) is 23.8 Å². The van der Waals surface area contributed by atoms with E-state index in [1.807, 2.05) is 13.8 Å². The van der Waals surface area contributed by atoms with Crippen molar-refractivity contribution in [2.24, 2.45) is 5.92 Å². The van der Waals surface area contributed by atoms with Crippen molar-refractivity contribution < 1.29 is 28.6 Å². The van der Waals surface area contributed by atoms with Crippen LogP contribution in [0, 0.1) is 5.92 Å². The zero-order valence-electron chi connectivity index (χ0n) is 12.6. The van der Waals surface area contributed by atoms with Gasteiger partial charge in [0.25, 0.3) is 0 Å². The number of esters is 2. The highest BCUT2D eigenvalue weighted by Crippen LogP contribution is 2.04. The van der Waals surface area contributed by atoms with Crippen LogP contribution in [0.5, 0.6) is 0 Å². The molecule has 0 unspecified atom stereocenters. The molecule has 0 rings (SSSR count). The van der Waals surface area contributed by atoms with Gasteiger partial charge in [0.1, 0.15) is 19.8 Å². The molecule has 0 aliphatic heterocycles. The maximum atomic E-state index is 11.3. The average molecular weight is 301 g/mol. The monoisotopic (exact) mass is 301 g/mol. The smallest absolute Gasteiger partial charge is 0.407 e. The minimum atomic E-state index is -0.664. The number of hydrogen-bond acceptors (Lipinski definition) is 6. The first-order valence-electron chi connectivity index (χ1n) is 6.81. The molecule has 21 heavy (non-hydrogen) atoms. The van der Waals surface area contributed by atoms with E-state index in [9.17, 15) is 14.4 Å². The van der Waals surface area contributed by atoms with Gasteiger partial charge in [-0.15, -0.1) is 0 Å². The molecule has 0 aromatic carbocycles. The van der Waals surface area contributed by atoms with Crippen LogP contribution in [0.2, 0.25) is 0 Å². The molecule has 0 aliphatic carbocycles. The first-order chi connectivity index (χ1) is 9.95. The van der Waals surface area contributed by atoms with Crippen molar-refractivity contribution in [2.75, 3.05) is 26.4 Å². The number of carbonyl (C=O) groups is 3. The first-order valence-corrected chi connectivity index (χ1v) is 6.81. The Morgan fingerprint density at radius 1 is 1.10 bits per heavy atom. The molecule has 1 N–H and O–H groups in total. The molecule has 120 valence electrons. The zero-order valence-corrected chi connectivity index (χ0v) is 12.6. The Morgan fingerprint density at radius 2 is 1.76 bits per heavy atom. The topological polar surface area (TPSA) is 90.9 Å². The van der Waals surface area contributed by atoms with E-state index in [0.29, 0.717) is 12.3 Å². The largest absolute Gasteiger partial charge is 0.462 e. The lowest BCUT2D eigenvalue weighted by molar-refractivity contribution is -0.145. The third-order valence-corrected chi connectivity index (χ3v) is 2.29. The van der Waals surface area contributed by atoms with E-state index in [1.165, 1.54) is 0 Å². The number of alkyl carbamates (subject to hydrolysis) is 1. The third kappa shape index (κ3) is 12.7. The number of hydrogen-bond donors (Lipinski definition) is 1. The van der Waals surface area contributed by atoms with Gasteiger partial charge in [-0.2, -0.15) is 0 Å². The predicted octanol–water partition coefficient (Wildman–Crippen LogP) is 1.42. The van der Waals surface area contributed by atoms with Gasteiger partial charge in [-0.05, 0) is 12.3 Å². The Hall–Kier alpha value is -2.05. The molecule has 7 nitrogen and oxygen atoms in total. The Bertz CT molecular complexity index is 353. The van der Waals surface area contributed by atoms with E-state index >= 15 is 0 Å². The first kappa shape index (κ1) is 18.9. The van der Waals surface area contributed by atoms with E-state index in [4.69, 9.17) is 9.47 Å². The quantitative estimate of drug-likeness (QED) is 0.284. The van der Waals surface area contributed by atoms with Gasteiger partial charge in [0, 0.05) is 12.5 Å². The molecule has 1 amide bonds. The molecule has 0 heterocycles. The van der Waals surface area contributed by atoms with Gasteiger partial charge in [0.2, 0.25) is 0 Å². The standard InChI is InChI=1S/C14H23NO6/c1-4-12(16)19-8-7-15-14(18)21-10-9-20-13(17)6-5-11(2)3/h4,11H,1,5-10H2,2-3H3,(H,15,18). The number of amides is 1. The van der Waals surface area contributed by atoms with Gasteiger partial charge in [-0.25, -0.2) is 9.59 Å². The maximum Gasteiger partial charge on any atom is 0.407 e. The summed E-state index contributed by atoms with van der Waals surface area (Å²) in [6, 6.07) is 0. The van der Waals surface area contributed by atoms with Crippen molar-refractivity contribution in [3.8, 4) is 0 Å². The molecule has 0 atom stereocenters. The van der Waals surface area contributed by atoms with Gasteiger partial charge >= 0.3 is 18.0 Å². The predicted molar refractivity (Wildman–Crippen MR) is 75.5 cm³/mol. The maximum absolute atomic E-state index is 11.3. The molecule has 0 radical (unpaired) electrons. The van der Waals surface area contributed by atoms with Crippen LogP contribution in [0.4, 0.5) is 4.79 Å². The van der Waals surface area contributed by atoms with E-state index in [2.05, 4.69) is 16.6 Å². The number of carbonyl (C=O) groups excluding carboxylic acids is 3. The minimum Gasteiger partial charge on any atom is -0.462 e. The van der Waals surface area contributed by atoms with Gasteiger partial charge in [0.05, 0.1) is 6.54 Å². The summed E-state index contributed by atoms with van der Waals surface area (Å²) >= 11 is 0. The average Bonchev–Trinajstić information content (AvgIpc) is 2.45. The lowest BCUT2D eigenvalue weighted by Crippen LogP contribution is -2.29. The van der Waals surface area contributed by atoms with Crippen molar-refractivity contribution >= 4 is 18.0 Å². The highest BCUT2D eigenvalue weighted by atomic mass is 16.6.